The summed E-state index contributed by atoms with van der Waals surface area (Å²) in [4.78, 5) is 13.5. The number of rotatable bonds is 3. The van der Waals surface area contributed by atoms with Crippen LogP contribution in [0.2, 0.25) is 0 Å². The number of fused-ring (bicyclic) bond motifs is 1. The van der Waals surface area contributed by atoms with Gasteiger partial charge in [0, 0.05) is 22.9 Å². The Kier molecular flexibility index (Phi) is 3.25. The summed E-state index contributed by atoms with van der Waals surface area (Å²) in [6, 6.07) is 6.11. The van der Waals surface area contributed by atoms with Gasteiger partial charge in [-0.15, -0.1) is 0 Å². The van der Waals surface area contributed by atoms with Crippen molar-refractivity contribution in [2.45, 2.75) is 6.42 Å². The molecule has 0 radical (unpaired) electrons. The van der Waals surface area contributed by atoms with Gasteiger partial charge in [0.1, 0.15) is 0 Å². The molecule has 1 heterocycles. The van der Waals surface area contributed by atoms with Crippen molar-refractivity contribution in [1.82, 2.24) is 0 Å². The monoisotopic (exact) mass is 317 g/mol. The summed E-state index contributed by atoms with van der Waals surface area (Å²) in [6.07, 6.45) is 0.524. The first kappa shape index (κ1) is 10.9. The predicted molar refractivity (Wildman–Crippen MR) is 67.1 cm³/mol. The molecule has 0 bridgehead atoms. The molecule has 80 valence electrons. The number of benzene rings is 1. The first-order valence-electron chi connectivity index (χ1n) is 4.80. The van der Waals surface area contributed by atoms with Crippen molar-refractivity contribution in [1.29, 1.82) is 0 Å². The van der Waals surface area contributed by atoms with Crippen molar-refractivity contribution in [3.05, 3.63) is 27.3 Å². The molecule has 15 heavy (non-hydrogen) atoms. The van der Waals surface area contributed by atoms with E-state index in [-0.39, 0.29) is 5.91 Å². The molecule has 0 aliphatic carbocycles. The lowest BCUT2D eigenvalue weighted by atomic mass is 10.2. The lowest BCUT2D eigenvalue weighted by molar-refractivity contribution is -0.117. The van der Waals surface area contributed by atoms with Crippen LogP contribution in [0.3, 0.4) is 0 Å². The third-order valence-corrected chi connectivity index (χ3v) is 3.17. The highest BCUT2D eigenvalue weighted by molar-refractivity contribution is 14.1. The van der Waals surface area contributed by atoms with Crippen LogP contribution < -0.4 is 4.90 Å². The van der Waals surface area contributed by atoms with Crippen molar-refractivity contribution < 1.29 is 9.53 Å². The molecule has 0 aromatic heterocycles. The molecule has 1 amide bonds. The molecule has 1 aromatic rings. The molecule has 0 saturated carbocycles. The molecule has 0 saturated heterocycles. The maximum atomic E-state index is 11.7. The van der Waals surface area contributed by atoms with Gasteiger partial charge < -0.3 is 9.64 Å². The van der Waals surface area contributed by atoms with Crippen molar-refractivity contribution in [2.24, 2.45) is 0 Å². The van der Waals surface area contributed by atoms with Crippen molar-refractivity contribution in [2.75, 3.05) is 25.2 Å². The average Bonchev–Trinajstić information content (AvgIpc) is 2.50. The Balaban J connectivity index is 2.25. The van der Waals surface area contributed by atoms with Gasteiger partial charge in [0.2, 0.25) is 5.91 Å². The van der Waals surface area contributed by atoms with E-state index in [9.17, 15) is 4.79 Å². The summed E-state index contributed by atoms with van der Waals surface area (Å²) in [6.45, 7) is 1.22. The van der Waals surface area contributed by atoms with Crippen LogP contribution in [0.1, 0.15) is 5.56 Å². The smallest absolute Gasteiger partial charge is 0.231 e. The Morgan fingerprint density at radius 2 is 2.33 bits per heavy atom. The van der Waals surface area contributed by atoms with Gasteiger partial charge in [0.05, 0.1) is 13.0 Å². The fourth-order valence-electron chi connectivity index (χ4n) is 1.78. The molecule has 1 aliphatic rings. The van der Waals surface area contributed by atoms with Gasteiger partial charge in [-0.1, -0.05) is 0 Å². The lowest BCUT2D eigenvalue weighted by Gasteiger charge is -2.16. The van der Waals surface area contributed by atoms with Gasteiger partial charge >= 0.3 is 0 Å². The highest BCUT2D eigenvalue weighted by atomic mass is 127. The molecule has 1 aromatic carbocycles. The Labute approximate surface area is 103 Å². The molecule has 0 atom stereocenters. The molecule has 3 nitrogen and oxygen atoms in total. The van der Waals surface area contributed by atoms with Crippen LogP contribution in [-0.4, -0.2) is 26.2 Å². The number of ether oxygens (including phenoxy) is 1. The Morgan fingerprint density at radius 1 is 1.53 bits per heavy atom. The van der Waals surface area contributed by atoms with E-state index in [1.165, 1.54) is 3.57 Å². The van der Waals surface area contributed by atoms with E-state index < -0.39 is 0 Å². The summed E-state index contributed by atoms with van der Waals surface area (Å²) >= 11 is 2.26. The van der Waals surface area contributed by atoms with Crippen LogP contribution in [0, 0.1) is 3.57 Å². The predicted octanol–water partition coefficient (Wildman–Crippen LogP) is 1.83. The van der Waals surface area contributed by atoms with E-state index >= 15 is 0 Å². The number of methoxy groups -OCH3 is 1. The quantitative estimate of drug-likeness (QED) is 0.796. The number of nitrogens with zero attached hydrogens (tertiary/aromatic N) is 1. The SMILES string of the molecule is COCCN1C(=O)Cc2cc(I)ccc21. The lowest BCUT2D eigenvalue weighted by Crippen LogP contribution is -2.30. The Morgan fingerprint density at radius 3 is 3.07 bits per heavy atom. The van der Waals surface area contributed by atoms with E-state index in [4.69, 9.17) is 4.74 Å². The minimum atomic E-state index is 0.170. The zero-order valence-electron chi connectivity index (χ0n) is 8.50. The van der Waals surface area contributed by atoms with E-state index in [1.54, 1.807) is 12.0 Å². The number of carbonyl (C=O) groups excluding carboxylic acids is 1. The number of halogens is 1. The first-order chi connectivity index (χ1) is 7.22. The second-order valence-corrected chi connectivity index (χ2v) is 4.73. The van der Waals surface area contributed by atoms with E-state index in [2.05, 4.69) is 28.7 Å². The summed E-state index contributed by atoms with van der Waals surface area (Å²) in [5.74, 6) is 0.170. The molecule has 2 rings (SSSR count). The summed E-state index contributed by atoms with van der Waals surface area (Å²) in [7, 11) is 1.65. The second kappa shape index (κ2) is 4.49. The second-order valence-electron chi connectivity index (χ2n) is 3.49. The molecule has 0 N–H and O–H groups in total. The van der Waals surface area contributed by atoms with Crippen LogP contribution in [0.4, 0.5) is 5.69 Å². The molecule has 0 unspecified atom stereocenters. The van der Waals surface area contributed by atoms with Crippen LogP contribution >= 0.6 is 22.6 Å². The van der Waals surface area contributed by atoms with Crippen LogP contribution in [0.25, 0.3) is 0 Å². The van der Waals surface area contributed by atoms with Crippen molar-refractivity contribution in [3.8, 4) is 0 Å². The normalized spacial score (nSPS) is 14.5. The largest absolute Gasteiger partial charge is 0.383 e. The molecular weight excluding hydrogens is 305 g/mol. The first-order valence-corrected chi connectivity index (χ1v) is 5.88. The van der Waals surface area contributed by atoms with Gasteiger partial charge in [0.15, 0.2) is 0 Å². The summed E-state index contributed by atoms with van der Waals surface area (Å²) < 4.78 is 6.17. The summed E-state index contributed by atoms with van der Waals surface area (Å²) in [5.41, 5.74) is 2.17. The van der Waals surface area contributed by atoms with Crippen molar-refractivity contribution >= 4 is 34.2 Å². The minimum Gasteiger partial charge on any atom is -0.383 e. The Bertz CT molecular complexity index is 392. The van der Waals surface area contributed by atoms with E-state index in [1.807, 2.05) is 12.1 Å². The number of amides is 1. The Hall–Kier alpha value is -0.620. The van der Waals surface area contributed by atoms with Gasteiger partial charge in [-0.2, -0.15) is 0 Å². The highest BCUT2D eigenvalue weighted by Crippen LogP contribution is 2.29. The maximum Gasteiger partial charge on any atom is 0.231 e. The van der Waals surface area contributed by atoms with Gasteiger partial charge in [-0.05, 0) is 46.4 Å². The maximum absolute atomic E-state index is 11.7. The fraction of sp³-hybridized carbons (Fsp3) is 0.364. The number of hydrogen-bond donors (Lipinski definition) is 0. The highest BCUT2D eigenvalue weighted by Gasteiger charge is 2.26. The molecule has 0 spiro atoms. The number of anilines is 1. The van der Waals surface area contributed by atoms with Crippen LogP contribution in [0.15, 0.2) is 18.2 Å². The third-order valence-electron chi connectivity index (χ3n) is 2.49. The molecule has 0 fully saturated rings. The van der Waals surface area contributed by atoms with Crippen LogP contribution in [0.5, 0.6) is 0 Å². The number of carbonyl (C=O) groups is 1. The third kappa shape index (κ3) is 2.15. The van der Waals surface area contributed by atoms with Gasteiger partial charge in [-0.3, -0.25) is 4.79 Å². The van der Waals surface area contributed by atoms with Crippen molar-refractivity contribution in [3.63, 3.8) is 0 Å². The standard InChI is InChI=1S/C11H12INO2/c1-15-5-4-13-10-3-2-9(12)6-8(10)7-11(13)14/h2-3,6H,4-5,7H2,1H3. The molecule has 1 aliphatic heterocycles. The fourth-order valence-corrected chi connectivity index (χ4v) is 2.34. The zero-order valence-corrected chi connectivity index (χ0v) is 10.7. The van der Waals surface area contributed by atoms with Crippen LogP contribution in [-0.2, 0) is 16.0 Å². The van der Waals surface area contributed by atoms with Gasteiger partial charge in [-0.25, -0.2) is 0 Å². The number of hydrogen-bond acceptors (Lipinski definition) is 2. The molecular formula is C11H12INO2. The topological polar surface area (TPSA) is 29.5 Å². The zero-order chi connectivity index (χ0) is 10.8. The van der Waals surface area contributed by atoms with E-state index in [0.29, 0.717) is 19.6 Å². The van der Waals surface area contributed by atoms with E-state index in [0.717, 1.165) is 11.3 Å². The van der Waals surface area contributed by atoms with Gasteiger partial charge in [0.25, 0.3) is 0 Å². The average molecular weight is 317 g/mol. The summed E-state index contributed by atoms with van der Waals surface area (Å²) in [5, 5.41) is 0. The molecule has 4 heteroatoms. The minimum absolute atomic E-state index is 0.170.